The van der Waals surface area contributed by atoms with Crippen molar-refractivity contribution in [1.29, 1.82) is 0 Å². The maximum atomic E-state index is 12.6. The lowest BCUT2D eigenvalue weighted by atomic mass is 10.1. The van der Waals surface area contributed by atoms with E-state index in [2.05, 4.69) is 10.6 Å². The topological polar surface area (TPSA) is 85.9 Å². The molecule has 0 fully saturated rings. The molecule has 2 aromatic rings. The normalized spacial score (nSPS) is 16.9. The van der Waals surface area contributed by atoms with Crippen LogP contribution >= 0.6 is 0 Å². The minimum absolute atomic E-state index is 0.0161. The Morgan fingerprint density at radius 1 is 1.29 bits per heavy atom. The van der Waals surface area contributed by atoms with Gasteiger partial charge < -0.3 is 24.8 Å². The van der Waals surface area contributed by atoms with Crippen LogP contribution in [0.1, 0.15) is 35.3 Å². The number of nitrogens with one attached hydrogen (secondary N) is 2. The van der Waals surface area contributed by atoms with Crippen LogP contribution in [-0.2, 0) is 17.8 Å². The van der Waals surface area contributed by atoms with Gasteiger partial charge >= 0.3 is 0 Å². The SMILES string of the molecule is CCOc1cc2c(cc1CNC(=O)c1ccc3c(c1)NC(=O)CO3)OC(C)C2. The van der Waals surface area contributed by atoms with Crippen LogP contribution in [-0.4, -0.2) is 31.1 Å². The molecule has 0 saturated heterocycles. The van der Waals surface area contributed by atoms with E-state index in [4.69, 9.17) is 14.2 Å². The molecule has 2 heterocycles. The first kappa shape index (κ1) is 18.2. The Morgan fingerprint density at radius 3 is 2.96 bits per heavy atom. The summed E-state index contributed by atoms with van der Waals surface area (Å²) < 4.78 is 16.9. The summed E-state index contributed by atoms with van der Waals surface area (Å²) in [5.74, 6) is 1.66. The van der Waals surface area contributed by atoms with Crippen molar-refractivity contribution in [2.45, 2.75) is 32.9 Å². The van der Waals surface area contributed by atoms with Crippen LogP contribution in [0.3, 0.4) is 0 Å². The van der Waals surface area contributed by atoms with Crippen LogP contribution in [0.25, 0.3) is 0 Å². The lowest BCUT2D eigenvalue weighted by Crippen LogP contribution is -2.27. The molecule has 1 unspecified atom stereocenters. The lowest BCUT2D eigenvalue weighted by molar-refractivity contribution is -0.118. The standard InChI is InChI=1S/C21H22N2O5/c1-3-26-18-8-14-6-12(2)28-19(14)9-15(18)10-22-21(25)13-4-5-17-16(7-13)23-20(24)11-27-17/h4-5,7-9,12H,3,6,10-11H2,1-2H3,(H,22,25)(H,23,24). The van der Waals surface area contributed by atoms with Gasteiger partial charge in [0, 0.05) is 29.7 Å². The molecule has 2 aliphatic heterocycles. The maximum absolute atomic E-state index is 12.6. The molecule has 2 aliphatic rings. The number of anilines is 1. The van der Waals surface area contributed by atoms with Crippen molar-refractivity contribution in [3.63, 3.8) is 0 Å². The fourth-order valence-electron chi connectivity index (χ4n) is 3.41. The first-order chi connectivity index (χ1) is 13.5. The number of ether oxygens (including phenoxy) is 3. The van der Waals surface area contributed by atoms with E-state index in [0.29, 0.717) is 30.2 Å². The molecule has 2 N–H and O–H groups in total. The van der Waals surface area contributed by atoms with Gasteiger partial charge in [0.1, 0.15) is 23.4 Å². The van der Waals surface area contributed by atoms with Gasteiger partial charge in [-0.15, -0.1) is 0 Å². The fourth-order valence-corrected chi connectivity index (χ4v) is 3.41. The zero-order valence-corrected chi connectivity index (χ0v) is 15.8. The zero-order chi connectivity index (χ0) is 19.7. The highest BCUT2D eigenvalue weighted by molar-refractivity contribution is 5.99. The molecule has 1 atom stereocenters. The second-order valence-corrected chi connectivity index (χ2v) is 6.86. The Balaban J connectivity index is 1.50. The van der Waals surface area contributed by atoms with Crippen molar-refractivity contribution in [2.24, 2.45) is 0 Å². The van der Waals surface area contributed by atoms with Crippen LogP contribution in [0, 0.1) is 0 Å². The smallest absolute Gasteiger partial charge is 0.262 e. The number of carbonyl (C=O) groups is 2. The number of carbonyl (C=O) groups excluding carboxylic acids is 2. The molecule has 0 aromatic heterocycles. The molecule has 4 rings (SSSR count). The van der Waals surface area contributed by atoms with E-state index < -0.39 is 0 Å². The number of benzene rings is 2. The maximum Gasteiger partial charge on any atom is 0.262 e. The molecule has 7 nitrogen and oxygen atoms in total. The van der Waals surface area contributed by atoms with E-state index in [1.807, 2.05) is 26.0 Å². The monoisotopic (exact) mass is 382 g/mol. The summed E-state index contributed by atoms with van der Waals surface area (Å²) in [7, 11) is 0. The average Bonchev–Trinajstić information content (AvgIpc) is 3.04. The fraction of sp³-hybridized carbons (Fsp3) is 0.333. The van der Waals surface area contributed by atoms with Crippen molar-refractivity contribution in [1.82, 2.24) is 5.32 Å². The van der Waals surface area contributed by atoms with Gasteiger partial charge in [0.15, 0.2) is 6.61 Å². The van der Waals surface area contributed by atoms with Crippen LogP contribution < -0.4 is 24.8 Å². The molecule has 2 amide bonds. The number of rotatable bonds is 5. The molecule has 2 aromatic carbocycles. The minimum Gasteiger partial charge on any atom is -0.494 e. The molecule has 0 radical (unpaired) electrons. The number of amides is 2. The van der Waals surface area contributed by atoms with E-state index in [-0.39, 0.29) is 24.5 Å². The second kappa shape index (κ2) is 7.42. The van der Waals surface area contributed by atoms with Crippen molar-refractivity contribution < 1.29 is 23.8 Å². The summed E-state index contributed by atoms with van der Waals surface area (Å²) in [5, 5.41) is 5.61. The Morgan fingerprint density at radius 2 is 2.14 bits per heavy atom. The predicted molar refractivity (Wildman–Crippen MR) is 103 cm³/mol. The minimum atomic E-state index is -0.250. The van der Waals surface area contributed by atoms with Gasteiger partial charge in [0.25, 0.3) is 11.8 Å². The number of hydrogen-bond donors (Lipinski definition) is 2. The first-order valence-electron chi connectivity index (χ1n) is 9.33. The summed E-state index contributed by atoms with van der Waals surface area (Å²) in [6, 6.07) is 8.89. The Bertz CT molecular complexity index is 941. The van der Waals surface area contributed by atoms with Gasteiger partial charge in [-0.25, -0.2) is 0 Å². The van der Waals surface area contributed by atoms with Gasteiger partial charge in [-0.2, -0.15) is 0 Å². The summed E-state index contributed by atoms with van der Waals surface area (Å²) in [6.07, 6.45) is 0.993. The number of hydrogen-bond acceptors (Lipinski definition) is 5. The molecule has 0 saturated carbocycles. The lowest BCUT2D eigenvalue weighted by Gasteiger charge is -2.18. The first-order valence-corrected chi connectivity index (χ1v) is 9.33. The van der Waals surface area contributed by atoms with Crippen molar-refractivity contribution >= 4 is 17.5 Å². The summed E-state index contributed by atoms with van der Waals surface area (Å²) in [4.78, 5) is 24.1. The van der Waals surface area contributed by atoms with Crippen molar-refractivity contribution in [3.05, 3.63) is 47.0 Å². The third kappa shape index (κ3) is 3.60. The second-order valence-electron chi connectivity index (χ2n) is 6.86. The van der Waals surface area contributed by atoms with E-state index in [9.17, 15) is 9.59 Å². The van der Waals surface area contributed by atoms with Crippen molar-refractivity contribution in [3.8, 4) is 17.2 Å². The van der Waals surface area contributed by atoms with Crippen LogP contribution in [0.5, 0.6) is 17.2 Å². The van der Waals surface area contributed by atoms with E-state index in [1.165, 1.54) is 0 Å². The van der Waals surface area contributed by atoms with Gasteiger partial charge in [-0.3, -0.25) is 9.59 Å². The molecule has 28 heavy (non-hydrogen) atoms. The molecule has 0 aliphatic carbocycles. The van der Waals surface area contributed by atoms with Crippen LogP contribution in [0.4, 0.5) is 5.69 Å². The highest BCUT2D eigenvalue weighted by atomic mass is 16.5. The summed E-state index contributed by atoms with van der Waals surface area (Å²) in [6.45, 7) is 4.79. The number of fused-ring (bicyclic) bond motifs is 2. The summed E-state index contributed by atoms with van der Waals surface area (Å²) in [5.41, 5.74) is 2.92. The van der Waals surface area contributed by atoms with Gasteiger partial charge in [0.2, 0.25) is 0 Å². The average molecular weight is 382 g/mol. The van der Waals surface area contributed by atoms with Crippen molar-refractivity contribution in [2.75, 3.05) is 18.5 Å². The Kier molecular flexibility index (Phi) is 4.81. The molecule has 0 spiro atoms. The van der Waals surface area contributed by atoms with E-state index >= 15 is 0 Å². The predicted octanol–water partition coefficient (Wildman–Crippen LogP) is 2.67. The van der Waals surface area contributed by atoms with Gasteiger partial charge in [0.05, 0.1) is 12.3 Å². The van der Waals surface area contributed by atoms with Crippen LogP contribution in [0.2, 0.25) is 0 Å². The third-order valence-electron chi connectivity index (χ3n) is 4.69. The highest BCUT2D eigenvalue weighted by Crippen LogP contribution is 2.35. The Labute approximate surface area is 163 Å². The van der Waals surface area contributed by atoms with E-state index in [1.54, 1.807) is 18.2 Å². The quantitative estimate of drug-likeness (QED) is 0.830. The molecular weight excluding hydrogens is 360 g/mol. The molecule has 0 bridgehead atoms. The highest BCUT2D eigenvalue weighted by Gasteiger charge is 2.22. The molecule has 146 valence electrons. The van der Waals surface area contributed by atoms with Crippen LogP contribution in [0.15, 0.2) is 30.3 Å². The van der Waals surface area contributed by atoms with E-state index in [0.717, 1.165) is 29.0 Å². The Hall–Kier alpha value is -3.22. The van der Waals surface area contributed by atoms with Gasteiger partial charge in [-0.05, 0) is 44.2 Å². The molecule has 7 heteroatoms. The largest absolute Gasteiger partial charge is 0.494 e. The zero-order valence-electron chi connectivity index (χ0n) is 15.8. The summed E-state index contributed by atoms with van der Waals surface area (Å²) >= 11 is 0. The molecular formula is C21H22N2O5. The van der Waals surface area contributed by atoms with Gasteiger partial charge in [-0.1, -0.05) is 0 Å². The third-order valence-corrected chi connectivity index (χ3v) is 4.69.